The summed E-state index contributed by atoms with van der Waals surface area (Å²) in [6.07, 6.45) is 0.857. The van der Waals surface area contributed by atoms with Crippen LogP contribution >= 0.6 is 0 Å². The van der Waals surface area contributed by atoms with Gasteiger partial charge < -0.3 is 9.84 Å². The lowest BCUT2D eigenvalue weighted by Gasteiger charge is -2.22. The second kappa shape index (κ2) is 7.39. The summed E-state index contributed by atoms with van der Waals surface area (Å²) in [6.45, 7) is 1.39. The average molecular weight is 352 g/mol. The number of aromatic hydroxyl groups is 1. The molecule has 1 saturated heterocycles. The molecule has 0 radical (unpaired) electrons. The van der Waals surface area contributed by atoms with Gasteiger partial charge >= 0.3 is 6.18 Å². The molecule has 0 saturated carbocycles. The number of nitrogens with zero attached hydrogens (tertiary/aromatic N) is 2. The Morgan fingerprint density at radius 3 is 2.60 bits per heavy atom. The standard InChI is InChI=1S/C18H19F3N2O2/c19-18(20,21)14-10-13(4-3-12-5-8-25-9-6-12)16(23-11-14)17-15(24)2-1-7-22-17/h1-2,7,10-12,24H,3-6,8-9H2. The van der Waals surface area contributed by atoms with Crippen molar-refractivity contribution in [3.05, 3.63) is 41.7 Å². The molecule has 25 heavy (non-hydrogen) atoms. The first-order valence-corrected chi connectivity index (χ1v) is 8.23. The number of hydrogen-bond acceptors (Lipinski definition) is 4. The van der Waals surface area contributed by atoms with Crippen molar-refractivity contribution in [2.24, 2.45) is 5.92 Å². The average Bonchev–Trinajstić information content (AvgIpc) is 2.60. The van der Waals surface area contributed by atoms with Gasteiger partial charge in [-0.05, 0) is 55.4 Å². The molecule has 0 unspecified atom stereocenters. The van der Waals surface area contributed by atoms with E-state index in [-0.39, 0.29) is 11.4 Å². The zero-order chi connectivity index (χ0) is 17.9. The molecule has 1 fully saturated rings. The molecule has 0 bridgehead atoms. The van der Waals surface area contributed by atoms with E-state index < -0.39 is 11.7 Å². The molecule has 0 amide bonds. The van der Waals surface area contributed by atoms with Gasteiger partial charge in [-0.1, -0.05) is 0 Å². The van der Waals surface area contributed by atoms with Crippen LogP contribution in [0.2, 0.25) is 0 Å². The highest BCUT2D eigenvalue weighted by Gasteiger charge is 2.32. The van der Waals surface area contributed by atoms with E-state index in [1.165, 1.54) is 12.3 Å². The third kappa shape index (κ3) is 4.28. The monoisotopic (exact) mass is 352 g/mol. The Labute approximate surface area is 143 Å². The van der Waals surface area contributed by atoms with E-state index in [4.69, 9.17) is 4.74 Å². The number of hydrogen-bond donors (Lipinski definition) is 1. The highest BCUT2D eigenvalue weighted by Crippen LogP contribution is 2.34. The lowest BCUT2D eigenvalue weighted by Crippen LogP contribution is -2.16. The van der Waals surface area contributed by atoms with Crippen LogP contribution in [0.4, 0.5) is 13.2 Å². The molecule has 0 aromatic carbocycles. The van der Waals surface area contributed by atoms with Crippen molar-refractivity contribution in [2.75, 3.05) is 13.2 Å². The van der Waals surface area contributed by atoms with E-state index in [1.807, 2.05) is 0 Å². The Morgan fingerprint density at radius 2 is 1.92 bits per heavy atom. The highest BCUT2D eigenvalue weighted by atomic mass is 19.4. The Balaban J connectivity index is 1.92. The van der Waals surface area contributed by atoms with Crippen LogP contribution in [0.25, 0.3) is 11.4 Å². The van der Waals surface area contributed by atoms with Crippen molar-refractivity contribution >= 4 is 0 Å². The summed E-state index contributed by atoms with van der Waals surface area (Å²) in [4.78, 5) is 8.05. The van der Waals surface area contributed by atoms with Crippen LogP contribution in [0.1, 0.15) is 30.4 Å². The summed E-state index contributed by atoms with van der Waals surface area (Å²) in [6, 6.07) is 4.13. The van der Waals surface area contributed by atoms with Crippen LogP contribution in [-0.4, -0.2) is 28.3 Å². The SMILES string of the molecule is Oc1cccnc1-c1ncc(C(F)(F)F)cc1CCC1CCOCC1. The zero-order valence-corrected chi connectivity index (χ0v) is 13.6. The third-order valence-corrected chi connectivity index (χ3v) is 4.47. The molecule has 0 aliphatic carbocycles. The summed E-state index contributed by atoms with van der Waals surface area (Å²) < 4.78 is 44.5. The molecule has 134 valence electrons. The van der Waals surface area contributed by atoms with Gasteiger partial charge in [0.25, 0.3) is 0 Å². The predicted molar refractivity (Wildman–Crippen MR) is 86.0 cm³/mol. The van der Waals surface area contributed by atoms with Crippen LogP contribution in [0, 0.1) is 5.92 Å². The second-order valence-electron chi connectivity index (χ2n) is 6.20. The fourth-order valence-electron chi connectivity index (χ4n) is 3.04. The highest BCUT2D eigenvalue weighted by molar-refractivity contribution is 5.65. The largest absolute Gasteiger partial charge is 0.506 e. The van der Waals surface area contributed by atoms with Gasteiger partial charge in [0, 0.05) is 25.6 Å². The van der Waals surface area contributed by atoms with Gasteiger partial charge in [-0.15, -0.1) is 0 Å². The molecular formula is C18H19F3N2O2. The molecule has 7 heteroatoms. The maximum absolute atomic E-state index is 13.1. The zero-order valence-electron chi connectivity index (χ0n) is 13.6. The number of alkyl halides is 3. The molecule has 1 N–H and O–H groups in total. The Bertz CT molecular complexity index is 729. The number of halogens is 3. The van der Waals surface area contributed by atoms with Gasteiger partial charge in [0.05, 0.1) is 11.3 Å². The molecule has 1 aliphatic heterocycles. The molecule has 2 aromatic heterocycles. The molecule has 0 atom stereocenters. The van der Waals surface area contributed by atoms with Crippen molar-refractivity contribution < 1.29 is 23.0 Å². The first kappa shape index (κ1) is 17.7. The first-order valence-electron chi connectivity index (χ1n) is 8.23. The summed E-state index contributed by atoms with van der Waals surface area (Å²) in [7, 11) is 0. The van der Waals surface area contributed by atoms with E-state index >= 15 is 0 Å². The molecule has 2 aromatic rings. The smallest absolute Gasteiger partial charge is 0.417 e. The van der Waals surface area contributed by atoms with Crippen LogP contribution in [-0.2, 0) is 17.3 Å². The number of rotatable bonds is 4. The molecule has 3 rings (SSSR count). The summed E-state index contributed by atoms with van der Waals surface area (Å²) >= 11 is 0. The Kier molecular flexibility index (Phi) is 5.22. The van der Waals surface area contributed by atoms with Crippen LogP contribution in [0.3, 0.4) is 0 Å². The van der Waals surface area contributed by atoms with Crippen molar-refractivity contribution in [3.8, 4) is 17.1 Å². The van der Waals surface area contributed by atoms with E-state index in [1.54, 1.807) is 6.07 Å². The minimum atomic E-state index is -4.45. The summed E-state index contributed by atoms with van der Waals surface area (Å²) in [5.41, 5.74) is 0.181. The van der Waals surface area contributed by atoms with Crippen molar-refractivity contribution in [1.29, 1.82) is 0 Å². The third-order valence-electron chi connectivity index (χ3n) is 4.47. The fraction of sp³-hybridized carbons (Fsp3) is 0.444. The van der Waals surface area contributed by atoms with Gasteiger partial charge in [0.2, 0.25) is 0 Å². The quantitative estimate of drug-likeness (QED) is 0.895. The topological polar surface area (TPSA) is 55.2 Å². The van der Waals surface area contributed by atoms with Gasteiger partial charge in [0.1, 0.15) is 11.4 Å². The minimum absolute atomic E-state index is 0.0953. The normalized spacial score (nSPS) is 16.1. The van der Waals surface area contributed by atoms with E-state index in [0.717, 1.165) is 31.5 Å². The molecule has 3 heterocycles. The Morgan fingerprint density at radius 1 is 1.16 bits per heavy atom. The van der Waals surface area contributed by atoms with Crippen LogP contribution in [0.5, 0.6) is 5.75 Å². The summed E-state index contributed by atoms with van der Waals surface area (Å²) in [5, 5.41) is 9.99. The number of aromatic nitrogens is 2. The van der Waals surface area contributed by atoms with Crippen molar-refractivity contribution in [2.45, 2.75) is 31.9 Å². The second-order valence-corrected chi connectivity index (χ2v) is 6.20. The Hall–Kier alpha value is -2.15. The molecular weight excluding hydrogens is 333 g/mol. The van der Waals surface area contributed by atoms with Gasteiger partial charge in [0.15, 0.2) is 0 Å². The molecule has 1 aliphatic rings. The number of aryl methyl sites for hydroxylation is 1. The first-order chi connectivity index (χ1) is 11.9. The van der Waals surface area contributed by atoms with Gasteiger partial charge in [-0.2, -0.15) is 13.2 Å². The molecule has 4 nitrogen and oxygen atoms in total. The predicted octanol–water partition coefficient (Wildman–Crippen LogP) is 4.23. The van der Waals surface area contributed by atoms with Crippen molar-refractivity contribution in [3.63, 3.8) is 0 Å². The minimum Gasteiger partial charge on any atom is -0.506 e. The van der Waals surface area contributed by atoms with Gasteiger partial charge in [-0.3, -0.25) is 9.97 Å². The van der Waals surface area contributed by atoms with Gasteiger partial charge in [-0.25, -0.2) is 0 Å². The maximum Gasteiger partial charge on any atom is 0.417 e. The van der Waals surface area contributed by atoms with E-state index in [0.29, 0.717) is 36.8 Å². The van der Waals surface area contributed by atoms with Crippen LogP contribution < -0.4 is 0 Å². The summed E-state index contributed by atoms with van der Waals surface area (Å²) in [5.74, 6) is 0.329. The lowest BCUT2D eigenvalue weighted by atomic mass is 9.91. The lowest BCUT2D eigenvalue weighted by molar-refractivity contribution is -0.137. The van der Waals surface area contributed by atoms with Crippen molar-refractivity contribution in [1.82, 2.24) is 9.97 Å². The van der Waals surface area contributed by atoms with E-state index in [2.05, 4.69) is 9.97 Å². The number of pyridine rings is 2. The van der Waals surface area contributed by atoms with E-state index in [9.17, 15) is 18.3 Å². The number of ether oxygens (including phenoxy) is 1. The maximum atomic E-state index is 13.1. The van der Waals surface area contributed by atoms with Crippen LogP contribution in [0.15, 0.2) is 30.6 Å². The fourth-order valence-corrected chi connectivity index (χ4v) is 3.04. The molecule has 0 spiro atoms.